The van der Waals surface area contributed by atoms with Crippen molar-refractivity contribution in [2.24, 2.45) is 0 Å². The summed E-state index contributed by atoms with van der Waals surface area (Å²) in [4.78, 5) is 13.1. The maximum Gasteiger partial charge on any atom is 0.329 e. The Morgan fingerprint density at radius 2 is 2.25 bits per heavy atom. The molecule has 1 aromatic heterocycles. The summed E-state index contributed by atoms with van der Waals surface area (Å²) >= 11 is 0. The van der Waals surface area contributed by atoms with Crippen LogP contribution in [0.15, 0.2) is 18.3 Å². The third kappa shape index (κ3) is 1.85. The van der Waals surface area contributed by atoms with Crippen LogP contribution in [0, 0.1) is 0 Å². The minimum Gasteiger partial charge on any atom is -0.480 e. The molecule has 2 rings (SSSR count). The molecule has 0 aliphatic heterocycles. The van der Waals surface area contributed by atoms with Gasteiger partial charge in [-0.1, -0.05) is 0 Å². The van der Waals surface area contributed by atoms with E-state index >= 15 is 0 Å². The SMILES string of the molecule is CC(C)(C(=O)O)N(c1cccnn1)C1CC1. The van der Waals surface area contributed by atoms with Crippen molar-refractivity contribution in [3.05, 3.63) is 18.3 Å². The maximum atomic E-state index is 11.3. The Balaban J connectivity index is 2.35. The number of hydrogen-bond acceptors (Lipinski definition) is 4. The van der Waals surface area contributed by atoms with Gasteiger partial charge in [0.2, 0.25) is 0 Å². The summed E-state index contributed by atoms with van der Waals surface area (Å²) in [5, 5.41) is 17.1. The molecule has 1 aromatic rings. The van der Waals surface area contributed by atoms with Crippen LogP contribution in [0.3, 0.4) is 0 Å². The van der Waals surface area contributed by atoms with Crippen LogP contribution in [0.5, 0.6) is 0 Å². The van der Waals surface area contributed by atoms with Gasteiger partial charge in [-0.3, -0.25) is 0 Å². The number of rotatable bonds is 4. The van der Waals surface area contributed by atoms with E-state index in [9.17, 15) is 9.90 Å². The average molecular weight is 221 g/mol. The van der Waals surface area contributed by atoms with Gasteiger partial charge in [0, 0.05) is 12.2 Å². The molecular weight excluding hydrogens is 206 g/mol. The smallest absolute Gasteiger partial charge is 0.329 e. The first-order chi connectivity index (χ1) is 7.53. The monoisotopic (exact) mass is 221 g/mol. The van der Waals surface area contributed by atoms with Crippen LogP contribution in [-0.4, -0.2) is 32.9 Å². The van der Waals surface area contributed by atoms with Crippen molar-refractivity contribution in [1.29, 1.82) is 0 Å². The fraction of sp³-hybridized carbons (Fsp3) is 0.545. The Kier molecular flexibility index (Phi) is 2.53. The van der Waals surface area contributed by atoms with Gasteiger partial charge >= 0.3 is 5.97 Å². The predicted octanol–water partition coefficient (Wildman–Crippen LogP) is 1.31. The van der Waals surface area contributed by atoms with Gasteiger partial charge in [0.15, 0.2) is 5.82 Å². The fourth-order valence-electron chi connectivity index (χ4n) is 1.79. The molecule has 0 amide bonds. The Morgan fingerprint density at radius 1 is 1.56 bits per heavy atom. The van der Waals surface area contributed by atoms with Gasteiger partial charge in [-0.25, -0.2) is 4.79 Å². The molecule has 0 saturated heterocycles. The molecule has 5 heteroatoms. The first-order valence-corrected chi connectivity index (χ1v) is 5.34. The Bertz CT molecular complexity index is 387. The molecule has 1 aliphatic rings. The molecule has 0 bridgehead atoms. The summed E-state index contributed by atoms with van der Waals surface area (Å²) in [5.74, 6) is -0.206. The predicted molar refractivity (Wildman–Crippen MR) is 59.2 cm³/mol. The van der Waals surface area contributed by atoms with Crippen LogP contribution >= 0.6 is 0 Å². The van der Waals surface area contributed by atoms with Crippen molar-refractivity contribution in [2.45, 2.75) is 38.3 Å². The number of carbonyl (C=O) groups is 1. The maximum absolute atomic E-state index is 11.3. The summed E-state index contributed by atoms with van der Waals surface area (Å²) in [6, 6.07) is 3.86. The van der Waals surface area contributed by atoms with E-state index in [1.807, 2.05) is 4.90 Å². The zero-order valence-electron chi connectivity index (χ0n) is 9.42. The molecule has 0 unspecified atom stereocenters. The minimum absolute atomic E-state index is 0.280. The topological polar surface area (TPSA) is 66.3 Å². The van der Waals surface area contributed by atoms with Crippen molar-refractivity contribution in [3.63, 3.8) is 0 Å². The molecular formula is C11H15N3O2. The molecule has 0 spiro atoms. The lowest BCUT2D eigenvalue weighted by Crippen LogP contribution is -2.52. The lowest BCUT2D eigenvalue weighted by Gasteiger charge is -2.35. The van der Waals surface area contributed by atoms with Crippen LogP contribution in [0.2, 0.25) is 0 Å². The first kappa shape index (κ1) is 10.9. The van der Waals surface area contributed by atoms with Crippen LogP contribution in [-0.2, 0) is 4.79 Å². The summed E-state index contributed by atoms with van der Waals surface area (Å²) in [6.07, 6.45) is 3.63. The number of aliphatic carboxylic acids is 1. The van der Waals surface area contributed by atoms with E-state index in [0.717, 1.165) is 12.8 Å². The van der Waals surface area contributed by atoms with Gasteiger partial charge in [-0.15, -0.1) is 5.10 Å². The van der Waals surface area contributed by atoms with Gasteiger partial charge in [-0.2, -0.15) is 5.10 Å². The third-order valence-corrected chi connectivity index (χ3v) is 2.84. The fourth-order valence-corrected chi connectivity index (χ4v) is 1.79. The summed E-state index contributed by atoms with van der Waals surface area (Å²) in [5.41, 5.74) is -0.947. The Labute approximate surface area is 94.1 Å². The highest BCUT2D eigenvalue weighted by molar-refractivity contribution is 5.82. The number of nitrogens with zero attached hydrogens (tertiary/aromatic N) is 3. The molecule has 1 saturated carbocycles. The van der Waals surface area contributed by atoms with Gasteiger partial charge < -0.3 is 10.0 Å². The second kappa shape index (κ2) is 3.73. The molecule has 1 fully saturated rings. The normalized spacial score (nSPS) is 15.9. The standard InChI is InChI=1S/C11H15N3O2/c1-11(2,10(15)16)14(8-5-6-8)9-4-3-7-12-13-9/h3-4,7-8H,5-6H2,1-2H3,(H,15,16). The number of aromatic nitrogens is 2. The zero-order valence-corrected chi connectivity index (χ0v) is 9.42. The molecule has 5 nitrogen and oxygen atoms in total. The Hall–Kier alpha value is -1.65. The second-order valence-electron chi connectivity index (χ2n) is 4.55. The highest BCUT2D eigenvalue weighted by atomic mass is 16.4. The summed E-state index contributed by atoms with van der Waals surface area (Å²) in [6.45, 7) is 3.39. The molecule has 1 N–H and O–H groups in total. The summed E-state index contributed by atoms with van der Waals surface area (Å²) in [7, 11) is 0. The van der Waals surface area contributed by atoms with E-state index in [1.54, 1.807) is 32.2 Å². The molecule has 1 aliphatic carbocycles. The lowest BCUT2D eigenvalue weighted by atomic mass is 10.0. The van der Waals surface area contributed by atoms with Gasteiger partial charge in [-0.05, 0) is 38.8 Å². The van der Waals surface area contributed by atoms with E-state index in [2.05, 4.69) is 10.2 Å². The average Bonchev–Trinajstić information content (AvgIpc) is 3.03. The number of carboxylic acids is 1. The minimum atomic E-state index is -0.947. The van der Waals surface area contributed by atoms with Crippen LogP contribution in [0.25, 0.3) is 0 Å². The molecule has 16 heavy (non-hydrogen) atoms. The largest absolute Gasteiger partial charge is 0.480 e. The quantitative estimate of drug-likeness (QED) is 0.830. The second-order valence-corrected chi connectivity index (χ2v) is 4.55. The molecule has 0 atom stereocenters. The van der Waals surface area contributed by atoms with Crippen molar-refractivity contribution in [3.8, 4) is 0 Å². The third-order valence-electron chi connectivity index (χ3n) is 2.84. The van der Waals surface area contributed by atoms with Gasteiger partial charge in [0.05, 0.1) is 0 Å². The Morgan fingerprint density at radius 3 is 2.69 bits per heavy atom. The van der Waals surface area contributed by atoms with E-state index in [1.165, 1.54) is 0 Å². The van der Waals surface area contributed by atoms with Gasteiger partial charge in [0.25, 0.3) is 0 Å². The van der Waals surface area contributed by atoms with Gasteiger partial charge in [0.1, 0.15) is 5.54 Å². The highest BCUT2D eigenvalue weighted by Crippen LogP contribution is 2.36. The highest BCUT2D eigenvalue weighted by Gasteiger charge is 2.44. The summed E-state index contributed by atoms with van der Waals surface area (Å²) < 4.78 is 0. The van der Waals surface area contributed by atoms with Crippen molar-refractivity contribution >= 4 is 11.8 Å². The molecule has 86 valence electrons. The van der Waals surface area contributed by atoms with Crippen molar-refractivity contribution in [2.75, 3.05) is 4.90 Å². The van der Waals surface area contributed by atoms with Crippen LogP contribution in [0.4, 0.5) is 5.82 Å². The van der Waals surface area contributed by atoms with E-state index in [0.29, 0.717) is 5.82 Å². The first-order valence-electron chi connectivity index (χ1n) is 5.34. The van der Waals surface area contributed by atoms with Crippen LogP contribution < -0.4 is 4.90 Å². The van der Waals surface area contributed by atoms with Crippen LogP contribution in [0.1, 0.15) is 26.7 Å². The van der Waals surface area contributed by atoms with E-state index < -0.39 is 11.5 Å². The number of hydrogen-bond donors (Lipinski definition) is 1. The molecule has 0 aromatic carbocycles. The van der Waals surface area contributed by atoms with E-state index in [4.69, 9.17) is 0 Å². The lowest BCUT2D eigenvalue weighted by molar-refractivity contribution is -0.142. The number of anilines is 1. The zero-order chi connectivity index (χ0) is 11.8. The van der Waals surface area contributed by atoms with Crippen molar-refractivity contribution < 1.29 is 9.90 Å². The number of carboxylic acid groups (broad SMARTS) is 1. The van der Waals surface area contributed by atoms with Crippen molar-refractivity contribution in [1.82, 2.24) is 10.2 Å². The molecule has 1 heterocycles. The van der Waals surface area contributed by atoms with E-state index in [-0.39, 0.29) is 6.04 Å². The molecule has 0 radical (unpaired) electrons.